The van der Waals surface area contributed by atoms with E-state index < -0.39 is 11.9 Å². The number of pyridine rings is 1. The number of carbonyl (C=O) groups excluding carboxylic acids is 1. The molecule has 2 aromatic heterocycles. The summed E-state index contributed by atoms with van der Waals surface area (Å²) in [6.07, 6.45) is -0.206. The van der Waals surface area contributed by atoms with Gasteiger partial charge in [0, 0.05) is 29.4 Å². The minimum atomic E-state index is -4.46. The number of aryl methyl sites for hydroxylation is 1. The monoisotopic (exact) mass is 385 g/mol. The van der Waals surface area contributed by atoms with E-state index >= 15 is 0 Å². The lowest BCUT2D eigenvalue weighted by Crippen LogP contribution is -2.07. The van der Waals surface area contributed by atoms with Gasteiger partial charge >= 0.3 is 6.18 Å². The third kappa shape index (κ3) is 3.44. The van der Waals surface area contributed by atoms with Crippen molar-refractivity contribution in [3.63, 3.8) is 0 Å². The summed E-state index contributed by atoms with van der Waals surface area (Å²) in [5, 5.41) is 4.60. The van der Waals surface area contributed by atoms with Crippen LogP contribution in [0.25, 0.3) is 22.5 Å². The van der Waals surface area contributed by atoms with Gasteiger partial charge in [0.2, 0.25) is 0 Å². The average Bonchev–Trinajstić information content (AvgIpc) is 3.45. The van der Waals surface area contributed by atoms with Gasteiger partial charge in [-0.25, -0.2) is 0 Å². The number of carbonyl (C=O) groups is 1. The summed E-state index contributed by atoms with van der Waals surface area (Å²) in [7, 11) is 0. The number of nitrogens with zero attached hydrogens (tertiary/aromatic N) is 3. The number of aromatic nitrogens is 3. The van der Waals surface area contributed by atoms with Gasteiger partial charge < -0.3 is 0 Å². The lowest BCUT2D eigenvalue weighted by Gasteiger charge is -2.07. The largest absolute Gasteiger partial charge is 0.433 e. The van der Waals surface area contributed by atoms with Gasteiger partial charge in [0.1, 0.15) is 12.0 Å². The Labute approximate surface area is 160 Å². The van der Waals surface area contributed by atoms with Gasteiger partial charge in [-0.15, -0.1) is 0 Å². The molecule has 28 heavy (non-hydrogen) atoms. The Morgan fingerprint density at radius 3 is 2.46 bits per heavy atom. The summed E-state index contributed by atoms with van der Waals surface area (Å²) in [5.41, 5.74) is 3.70. The fourth-order valence-corrected chi connectivity index (χ4v) is 3.33. The first-order valence-corrected chi connectivity index (χ1v) is 9.11. The van der Waals surface area contributed by atoms with Gasteiger partial charge in [0.25, 0.3) is 0 Å². The van der Waals surface area contributed by atoms with Crippen molar-refractivity contribution in [3.8, 4) is 22.5 Å². The Bertz CT molecular complexity index is 1020. The standard InChI is InChI=1S/C21H18F3N3O/c1-2-27-19(15-7-8-20(25-11-15)21(22,23)24)10-18(26-27)14-5-6-16(12-28)17(9-14)13-3-4-13/h5-13H,2-4H2,1H3. The van der Waals surface area contributed by atoms with Crippen LogP contribution in [0.5, 0.6) is 0 Å². The molecule has 1 saturated carbocycles. The predicted octanol–water partition coefficient (Wildman–Crippen LogP) is 5.34. The van der Waals surface area contributed by atoms with Crippen LogP contribution in [-0.4, -0.2) is 21.1 Å². The maximum absolute atomic E-state index is 12.8. The minimum absolute atomic E-state index is 0.423. The first kappa shape index (κ1) is 18.4. The number of aldehydes is 1. The lowest BCUT2D eigenvalue weighted by molar-refractivity contribution is -0.141. The second-order valence-corrected chi connectivity index (χ2v) is 6.90. The molecule has 0 atom stereocenters. The molecule has 0 spiro atoms. The fraction of sp³-hybridized carbons (Fsp3) is 0.286. The molecule has 0 unspecified atom stereocenters. The van der Waals surface area contributed by atoms with Crippen LogP contribution in [0, 0.1) is 0 Å². The SMILES string of the molecule is CCn1nc(-c2ccc(C=O)c(C3CC3)c2)cc1-c1ccc(C(F)(F)F)nc1. The number of hydrogen-bond donors (Lipinski definition) is 0. The lowest BCUT2D eigenvalue weighted by atomic mass is 9.99. The number of rotatable bonds is 5. The fourth-order valence-electron chi connectivity index (χ4n) is 3.33. The maximum atomic E-state index is 12.8. The normalized spacial score (nSPS) is 14.3. The molecule has 0 saturated heterocycles. The van der Waals surface area contributed by atoms with Crippen molar-refractivity contribution in [1.82, 2.24) is 14.8 Å². The Hall–Kier alpha value is -2.96. The van der Waals surface area contributed by atoms with Gasteiger partial charge in [-0.05, 0) is 55.5 Å². The van der Waals surface area contributed by atoms with Crippen LogP contribution in [0.4, 0.5) is 13.2 Å². The topological polar surface area (TPSA) is 47.8 Å². The van der Waals surface area contributed by atoms with Gasteiger partial charge in [-0.2, -0.15) is 18.3 Å². The predicted molar refractivity (Wildman–Crippen MR) is 98.9 cm³/mol. The first-order valence-electron chi connectivity index (χ1n) is 9.11. The number of halogens is 3. The average molecular weight is 385 g/mol. The molecule has 144 valence electrons. The zero-order chi connectivity index (χ0) is 19.9. The van der Waals surface area contributed by atoms with Crippen molar-refractivity contribution in [2.24, 2.45) is 0 Å². The summed E-state index contributed by atoms with van der Waals surface area (Å²) in [6.45, 7) is 2.49. The second kappa shape index (κ2) is 6.89. The van der Waals surface area contributed by atoms with E-state index in [1.165, 1.54) is 12.3 Å². The highest BCUT2D eigenvalue weighted by molar-refractivity contribution is 5.80. The van der Waals surface area contributed by atoms with Crippen LogP contribution < -0.4 is 0 Å². The smallest absolute Gasteiger partial charge is 0.298 e. The number of hydrogen-bond acceptors (Lipinski definition) is 3. The van der Waals surface area contributed by atoms with Crippen molar-refractivity contribution in [1.29, 1.82) is 0 Å². The van der Waals surface area contributed by atoms with Crippen LogP contribution >= 0.6 is 0 Å². The Morgan fingerprint density at radius 1 is 1.14 bits per heavy atom. The molecule has 0 aliphatic heterocycles. The van der Waals surface area contributed by atoms with Gasteiger partial charge in [-0.1, -0.05) is 12.1 Å². The van der Waals surface area contributed by atoms with Crippen molar-refractivity contribution < 1.29 is 18.0 Å². The van der Waals surface area contributed by atoms with Crippen molar-refractivity contribution in [2.45, 2.75) is 38.4 Å². The minimum Gasteiger partial charge on any atom is -0.298 e. The highest BCUT2D eigenvalue weighted by Crippen LogP contribution is 2.42. The van der Waals surface area contributed by atoms with Crippen LogP contribution in [-0.2, 0) is 12.7 Å². The molecule has 4 nitrogen and oxygen atoms in total. The van der Waals surface area contributed by atoms with Gasteiger partial charge in [-0.3, -0.25) is 14.5 Å². The number of alkyl halides is 3. The molecule has 1 aliphatic carbocycles. The maximum Gasteiger partial charge on any atom is 0.433 e. The van der Waals surface area contributed by atoms with Crippen molar-refractivity contribution >= 4 is 6.29 Å². The van der Waals surface area contributed by atoms with E-state index in [4.69, 9.17) is 0 Å². The van der Waals surface area contributed by atoms with E-state index in [-0.39, 0.29) is 0 Å². The van der Waals surface area contributed by atoms with E-state index in [2.05, 4.69) is 10.1 Å². The Kier molecular flexibility index (Phi) is 4.53. The number of benzene rings is 1. The zero-order valence-corrected chi connectivity index (χ0v) is 15.2. The molecule has 0 N–H and O–H groups in total. The van der Waals surface area contributed by atoms with Crippen LogP contribution in [0.1, 0.15) is 47.3 Å². The molecule has 0 bridgehead atoms. The highest BCUT2D eigenvalue weighted by Gasteiger charge is 2.32. The van der Waals surface area contributed by atoms with Crippen molar-refractivity contribution in [2.75, 3.05) is 0 Å². The molecular formula is C21H18F3N3O. The molecule has 2 heterocycles. The molecule has 1 fully saturated rings. The molecule has 1 aromatic carbocycles. The van der Waals surface area contributed by atoms with Gasteiger partial charge in [0.05, 0.1) is 11.4 Å². The molecule has 0 radical (unpaired) electrons. The second-order valence-electron chi connectivity index (χ2n) is 6.90. The van der Waals surface area contributed by atoms with Crippen molar-refractivity contribution in [3.05, 3.63) is 59.4 Å². The Morgan fingerprint density at radius 2 is 1.89 bits per heavy atom. The van der Waals surface area contributed by atoms with Crippen LogP contribution in [0.15, 0.2) is 42.6 Å². The van der Waals surface area contributed by atoms with Crippen LogP contribution in [0.3, 0.4) is 0 Å². The molecule has 0 amide bonds. The van der Waals surface area contributed by atoms with Gasteiger partial charge in [0.15, 0.2) is 0 Å². The third-order valence-electron chi connectivity index (χ3n) is 4.96. The molecule has 7 heteroatoms. The summed E-state index contributed by atoms with van der Waals surface area (Å²) in [5.74, 6) is 0.423. The summed E-state index contributed by atoms with van der Waals surface area (Å²) in [6, 6.07) is 9.89. The molecule has 4 rings (SSSR count). The van der Waals surface area contributed by atoms with E-state index in [1.54, 1.807) is 10.7 Å². The first-order chi connectivity index (χ1) is 13.4. The summed E-state index contributed by atoms with van der Waals surface area (Å²) < 4.78 is 40.0. The Balaban J connectivity index is 1.73. The van der Waals surface area contributed by atoms with E-state index in [0.717, 1.165) is 42.0 Å². The molecule has 1 aliphatic rings. The highest BCUT2D eigenvalue weighted by atomic mass is 19.4. The molecular weight excluding hydrogens is 367 g/mol. The third-order valence-corrected chi connectivity index (χ3v) is 4.96. The summed E-state index contributed by atoms with van der Waals surface area (Å²) >= 11 is 0. The summed E-state index contributed by atoms with van der Waals surface area (Å²) in [4.78, 5) is 14.8. The van der Waals surface area contributed by atoms with Crippen LogP contribution in [0.2, 0.25) is 0 Å². The van der Waals surface area contributed by atoms with E-state index in [0.29, 0.717) is 29.3 Å². The quantitative estimate of drug-likeness (QED) is 0.557. The van der Waals surface area contributed by atoms with E-state index in [9.17, 15) is 18.0 Å². The zero-order valence-electron chi connectivity index (χ0n) is 15.2. The molecule has 3 aromatic rings. The van der Waals surface area contributed by atoms with E-state index in [1.807, 2.05) is 25.1 Å².